The monoisotopic (exact) mass is 635 g/mol. The molecule has 1 N–H and O–H groups in total. The molecule has 234 valence electrons. The molecule has 5 rings (SSSR count). The van der Waals surface area contributed by atoms with E-state index in [2.05, 4.69) is 18.5 Å². The third-order valence-electron chi connectivity index (χ3n) is 7.39. The number of para-hydroxylation sites is 1. The van der Waals surface area contributed by atoms with Crippen molar-refractivity contribution in [3.05, 3.63) is 149 Å². The highest BCUT2D eigenvalue weighted by atomic mass is 35.5. The number of nitrogens with zero attached hydrogens (tertiary/aromatic N) is 2. The molecule has 0 aliphatic carbocycles. The Morgan fingerprint density at radius 2 is 1.46 bits per heavy atom. The molecule has 0 amide bonds. The standard InChI is InChI=1S/C37H34ClN3O5/c1-5-20-44-36(42)32-24(3)39-25(4)33(37(43)45-21-6-2)34(32)31-22-41(29-10-8-7-9-11-29)40-35(31)27-14-18-30(19-15-27)46-23-26-12-16-28(38)17-13-26/h5-19,22,34,39H,1-2,20-21,23H2,3-4H3. The number of rotatable bonds is 12. The molecule has 2 heterocycles. The second kappa shape index (κ2) is 14.6. The lowest BCUT2D eigenvalue weighted by molar-refractivity contribution is -0.138. The van der Waals surface area contributed by atoms with E-state index in [4.69, 9.17) is 30.9 Å². The molecule has 4 aromatic rings. The van der Waals surface area contributed by atoms with Crippen LogP contribution in [0.15, 0.2) is 133 Å². The summed E-state index contributed by atoms with van der Waals surface area (Å²) in [4.78, 5) is 27.2. The van der Waals surface area contributed by atoms with Crippen molar-refractivity contribution in [1.82, 2.24) is 15.1 Å². The Balaban J connectivity index is 1.61. The van der Waals surface area contributed by atoms with Gasteiger partial charge < -0.3 is 19.5 Å². The number of carbonyl (C=O) groups excluding carboxylic acids is 2. The number of esters is 2. The number of hydrogen-bond acceptors (Lipinski definition) is 7. The summed E-state index contributed by atoms with van der Waals surface area (Å²) in [5.41, 5.74) is 5.40. The summed E-state index contributed by atoms with van der Waals surface area (Å²) in [5.74, 6) is -1.36. The van der Waals surface area contributed by atoms with Crippen LogP contribution in [0.2, 0.25) is 5.02 Å². The lowest BCUT2D eigenvalue weighted by atomic mass is 9.79. The molecule has 0 fully saturated rings. The fourth-order valence-corrected chi connectivity index (χ4v) is 5.39. The molecule has 0 radical (unpaired) electrons. The zero-order valence-corrected chi connectivity index (χ0v) is 26.4. The van der Waals surface area contributed by atoms with E-state index in [1.165, 1.54) is 12.2 Å². The number of hydrogen-bond donors (Lipinski definition) is 1. The summed E-state index contributed by atoms with van der Waals surface area (Å²) >= 11 is 6.01. The normalized spacial score (nSPS) is 13.2. The maximum atomic E-state index is 13.6. The molecule has 0 saturated heterocycles. The van der Waals surface area contributed by atoms with Gasteiger partial charge in [0.15, 0.2) is 0 Å². The number of allylic oxidation sites excluding steroid dienone is 2. The van der Waals surface area contributed by atoms with Gasteiger partial charge in [0.2, 0.25) is 0 Å². The second-order valence-corrected chi connectivity index (χ2v) is 11.0. The molecule has 0 spiro atoms. The maximum Gasteiger partial charge on any atom is 0.337 e. The molecule has 46 heavy (non-hydrogen) atoms. The van der Waals surface area contributed by atoms with Crippen LogP contribution in [0.1, 0.15) is 30.9 Å². The van der Waals surface area contributed by atoms with Crippen LogP contribution in [0, 0.1) is 0 Å². The highest BCUT2D eigenvalue weighted by molar-refractivity contribution is 6.30. The van der Waals surface area contributed by atoms with Gasteiger partial charge in [0, 0.05) is 33.7 Å². The number of aromatic nitrogens is 2. The van der Waals surface area contributed by atoms with Crippen molar-refractivity contribution in [2.45, 2.75) is 26.4 Å². The summed E-state index contributed by atoms with van der Waals surface area (Å²) in [6.45, 7) is 11.3. The van der Waals surface area contributed by atoms with Crippen molar-refractivity contribution in [3.8, 4) is 22.7 Å². The second-order valence-electron chi connectivity index (χ2n) is 10.6. The van der Waals surface area contributed by atoms with E-state index in [9.17, 15) is 9.59 Å². The van der Waals surface area contributed by atoms with Crippen LogP contribution in [0.5, 0.6) is 5.75 Å². The number of halogens is 1. The first kappa shape index (κ1) is 32.1. The van der Waals surface area contributed by atoms with Gasteiger partial charge in [-0.25, -0.2) is 14.3 Å². The molecule has 1 aliphatic heterocycles. The Bertz CT molecular complexity index is 1760. The Kier molecular flexibility index (Phi) is 10.2. The van der Waals surface area contributed by atoms with Crippen molar-refractivity contribution in [2.75, 3.05) is 13.2 Å². The van der Waals surface area contributed by atoms with Gasteiger partial charge >= 0.3 is 11.9 Å². The van der Waals surface area contributed by atoms with Gasteiger partial charge in [-0.05, 0) is 67.9 Å². The van der Waals surface area contributed by atoms with Gasteiger partial charge in [-0.15, -0.1) is 0 Å². The van der Waals surface area contributed by atoms with E-state index in [0.29, 0.717) is 40.0 Å². The predicted molar refractivity (Wildman–Crippen MR) is 178 cm³/mol. The third kappa shape index (κ3) is 7.14. The minimum absolute atomic E-state index is 0.00882. The average Bonchev–Trinajstić information content (AvgIpc) is 3.51. The average molecular weight is 636 g/mol. The van der Waals surface area contributed by atoms with E-state index in [1.54, 1.807) is 18.5 Å². The minimum atomic E-state index is -0.857. The fourth-order valence-electron chi connectivity index (χ4n) is 5.26. The molecule has 3 aromatic carbocycles. The zero-order valence-electron chi connectivity index (χ0n) is 25.7. The van der Waals surface area contributed by atoms with Crippen LogP contribution in [0.4, 0.5) is 0 Å². The molecule has 1 aromatic heterocycles. The Labute approximate surface area is 273 Å². The Morgan fingerprint density at radius 1 is 0.870 bits per heavy atom. The van der Waals surface area contributed by atoms with Gasteiger partial charge in [-0.2, -0.15) is 5.10 Å². The van der Waals surface area contributed by atoms with E-state index >= 15 is 0 Å². The van der Waals surface area contributed by atoms with Crippen LogP contribution in [0.3, 0.4) is 0 Å². The summed E-state index contributed by atoms with van der Waals surface area (Å²) in [6, 6.07) is 24.6. The maximum absolute atomic E-state index is 13.6. The van der Waals surface area contributed by atoms with E-state index in [0.717, 1.165) is 16.8 Å². The van der Waals surface area contributed by atoms with Crippen molar-refractivity contribution < 1.29 is 23.8 Å². The van der Waals surface area contributed by atoms with E-state index < -0.39 is 17.9 Å². The highest BCUT2D eigenvalue weighted by Gasteiger charge is 2.40. The highest BCUT2D eigenvalue weighted by Crippen LogP contribution is 2.43. The van der Waals surface area contributed by atoms with Gasteiger partial charge in [-0.1, -0.05) is 67.2 Å². The third-order valence-corrected chi connectivity index (χ3v) is 7.64. The van der Waals surface area contributed by atoms with Crippen molar-refractivity contribution in [2.24, 2.45) is 0 Å². The Morgan fingerprint density at radius 3 is 2.02 bits per heavy atom. The Hall–Kier alpha value is -5.34. The predicted octanol–water partition coefficient (Wildman–Crippen LogP) is 7.46. The summed E-state index contributed by atoms with van der Waals surface area (Å²) in [5, 5.41) is 8.83. The molecule has 1 aliphatic rings. The van der Waals surface area contributed by atoms with Gasteiger partial charge in [0.25, 0.3) is 0 Å². The number of carbonyl (C=O) groups is 2. The molecule has 8 nitrogen and oxygen atoms in total. The first-order valence-electron chi connectivity index (χ1n) is 14.7. The van der Waals surface area contributed by atoms with Crippen LogP contribution < -0.4 is 10.1 Å². The molecule has 0 atom stereocenters. The quantitative estimate of drug-likeness (QED) is 0.128. The lowest BCUT2D eigenvalue weighted by Crippen LogP contribution is -2.32. The van der Waals surface area contributed by atoms with Gasteiger partial charge in [0.1, 0.15) is 25.6 Å². The van der Waals surface area contributed by atoms with Crippen molar-refractivity contribution >= 4 is 23.5 Å². The molecule has 9 heteroatoms. The number of dihydropyridines is 1. The molecular formula is C37H34ClN3O5. The van der Waals surface area contributed by atoms with Crippen LogP contribution >= 0.6 is 11.6 Å². The smallest absolute Gasteiger partial charge is 0.337 e. The SMILES string of the molecule is C=CCOC(=O)C1=C(C)NC(C)=C(C(=O)OCC=C)C1c1cn(-c2ccccc2)nc1-c1ccc(OCc2ccc(Cl)cc2)cc1. The first-order valence-corrected chi connectivity index (χ1v) is 15.1. The largest absolute Gasteiger partial charge is 0.489 e. The molecule has 0 saturated carbocycles. The number of nitrogens with one attached hydrogen (secondary N) is 1. The fraction of sp³-hybridized carbons (Fsp3) is 0.162. The van der Waals surface area contributed by atoms with E-state index in [1.807, 2.05) is 85.1 Å². The topological polar surface area (TPSA) is 91.7 Å². The zero-order chi connectivity index (χ0) is 32.6. The summed E-state index contributed by atoms with van der Waals surface area (Å²) in [7, 11) is 0. The number of benzene rings is 3. The van der Waals surface area contributed by atoms with Crippen LogP contribution in [0.25, 0.3) is 16.9 Å². The minimum Gasteiger partial charge on any atom is -0.489 e. The molecule has 0 unspecified atom stereocenters. The van der Waals surface area contributed by atoms with Crippen molar-refractivity contribution in [1.29, 1.82) is 0 Å². The van der Waals surface area contributed by atoms with Gasteiger partial charge in [-0.3, -0.25) is 0 Å². The lowest BCUT2D eigenvalue weighted by Gasteiger charge is -2.30. The van der Waals surface area contributed by atoms with E-state index in [-0.39, 0.29) is 24.4 Å². The molecular weight excluding hydrogens is 602 g/mol. The molecule has 0 bridgehead atoms. The first-order chi connectivity index (χ1) is 22.3. The number of ether oxygens (including phenoxy) is 3. The van der Waals surface area contributed by atoms with Gasteiger partial charge in [0.05, 0.1) is 28.4 Å². The summed E-state index contributed by atoms with van der Waals surface area (Å²) < 4.78 is 18.8. The van der Waals surface area contributed by atoms with Crippen molar-refractivity contribution in [3.63, 3.8) is 0 Å². The van der Waals surface area contributed by atoms with Crippen LogP contribution in [-0.2, 0) is 25.7 Å². The summed E-state index contributed by atoms with van der Waals surface area (Å²) in [6.07, 6.45) is 4.83. The van der Waals surface area contributed by atoms with Crippen LogP contribution in [-0.4, -0.2) is 34.9 Å².